The van der Waals surface area contributed by atoms with Crippen LogP contribution < -0.4 is 10.6 Å². The van der Waals surface area contributed by atoms with Crippen LogP contribution in [-0.2, 0) is 9.53 Å². The molecule has 1 saturated carbocycles. The average molecular weight is 346 g/mol. The van der Waals surface area contributed by atoms with Crippen LogP contribution in [-0.4, -0.2) is 30.2 Å². The van der Waals surface area contributed by atoms with Gasteiger partial charge in [-0.3, -0.25) is 9.59 Å². The molecule has 1 aliphatic carbocycles. The fraction of sp³-hybridized carbons (Fsp3) is 0.444. The normalized spacial score (nSPS) is 18.2. The first-order chi connectivity index (χ1) is 11.7. The highest BCUT2D eigenvalue weighted by Gasteiger charge is 2.18. The summed E-state index contributed by atoms with van der Waals surface area (Å²) in [4.78, 5) is 24.5. The third-order valence-corrected chi connectivity index (χ3v) is 4.98. The molecular weight excluding hydrogens is 324 g/mol. The zero-order valence-electron chi connectivity index (χ0n) is 13.5. The molecule has 24 heavy (non-hydrogen) atoms. The lowest BCUT2D eigenvalue weighted by molar-refractivity contribution is -0.116. The highest BCUT2D eigenvalue weighted by Crippen LogP contribution is 2.20. The van der Waals surface area contributed by atoms with Gasteiger partial charge in [0.15, 0.2) is 5.76 Å². The van der Waals surface area contributed by atoms with Gasteiger partial charge in [0.1, 0.15) is 0 Å². The largest absolute Gasteiger partial charge is 0.487 e. The molecule has 2 amide bonds. The standard InChI is InChI=1S/C18H22N2O3S/c21-17(19-14-6-2-1-3-7-14)13-5-4-8-15(11-13)20-18(22)16-12-24-10-9-23-16/h4-5,8,11-12,14H,1-3,6-7,9-10H2,(H,19,21)(H,20,22). The van der Waals surface area contributed by atoms with E-state index >= 15 is 0 Å². The number of ether oxygens (including phenoxy) is 1. The fourth-order valence-corrected chi connectivity index (χ4v) is 3.56. The SMILES string of the molecule is O=C(Nc1cccc(C(=O)NC2CCCCC2)c1)C1=CSCCO1. The summed E-state index contributed by atoms with van der Waals surface area (Å²) in [6.07, 6.45) is 5.70. The molecule has 0 spiro atoms. The predicted molar refractivity (Wildman–Crippen MR) is 95.9 cm³/mol. The van der Waals surface area contributed by atoms with Crippen molar-refractivity contribution in [1.29, 1.82) is 0 Å². The highest BCUT2D eigenvalue weighted by molar-refractivity contribution is 8.02. The summed E-state index contributed by atoms with van der Waals surface area (Å²) in [5, 5.41) is 7.59. The summed E-state index contributed by atoms with van der Waals surface area (Å²) < 4.78 is 5.34. The minimum atomic E-state index is -0.285. The second kappa shape index (κ2) is 8.24. The van der Waals surface area contributed by atoms with E-state index in [1.807, 2.05) is 0 Å². The van der Waals surface area contributed by atoms with Crippen molar-refractivity contribution in [3.63, 3.8) is 0 Å². The van der Waals surface area contributed by atoms with Gasteiger partial charge in [-0.25, -0.2) is 0 Å². The van der Waals surface area contributed by atoms with Crippen molar-refractivity contribution in [3.05, 3.63) is 41.0 Å². The van der Waals surface area contributed by atoms with Crippen molar-refractivity contribution in [3.8, 4) is 0 Å². The molecule has 0 saturated heterocycles. The molecule has 1 aliphatic heterocycles. The Balaban J connectivity index is 1.61. The Labute approximate surface area is 146 Å². The lowest BCUT2D eigenvalue weighted by Crippen LogP contribution is -2.36. The number of anilines is 1. The summed E-state index contributed by atoms with van der Waals surface area (Å²) >= 11 is 1.56. The summed E-state index contributed by atoms with van der Waals surface area (Å²) in [7, 11) is 0. The molecule has 3 rings (SSSR count). The quantitative estimate of drug-likeness (QED) is 0.878. The van der Waals surface area contributed by atoms with E-state index in [1.165, 1.54) is 19.3 Å². The van der Waals surface area contributed by atoms with Crippen molar-refractivity contribution >= 4 is 29.3 Å². The van der Waals surface area contributed by atoms with Crippen LogP contribution in [0.1, 0.15) is 42.5 Å². The van der Waals surface area contributed by atoms with Gasteiger partial charge in [0.25, 0.3) is 11.8 Å². The van der Waals surface area contributed by atoms with Gasteiger partial charge >= 0.3 is 0 Å². The van der Waals surface area contributed by atoms with E-state index in [4.69, 9.17) is 4.74 Å². The number of hydrogen-bond donors (Lipinski definition) is 2. The molecule has 1 fully saturated rings. The van der Waals surface area contributed by atoms with Gasteiger partial charge in [0.2, 0.25) is 0 Å². The number of nitrogens with one attached hydrogen (secondary N) is 2. The molecular formula is C18H22N2O3S. The number of carbonyl (C=O) groups excluding carboxylic acids is 2. The van der Waals surface area contributed by atoms with Gasteiger partial charge in [-0.1, -0.05) is 25.3 Å². The summed E-state index contributed by atoms with van der Waals surface area (Å²) in [5.74, 6) is 0.810. The summed E-state index contributed by atoms with van der Waals surface area (Å²) in [6.45, 7) is 0.535. The van der Waals surface area contributed by atoms with Gasteiger partial charge in [0, 0.05) is 28.5 Å². The Bertz CT molecular complexity index is 639. The second-order valence-corrected chi connectivity index (χ2v) is 7.02. The lowest BCUT2D eigenvalue weighted by Gasteiger charge is -2.22. The van der Waals surface area contributed by atoms with Crippen LogP contribution in [0.4, 0.5) is 5.69 Å². The third kappa shape index (κ3) is 4.54. The zero-order valence-corrected chi connectivity index (χ0v) is 14.4. The van der Waals surface area contributed by atoms with Crippen molar-refractivity contribution in [2.75, 3.05) is 17.7 Å². The number of thioether (sulfide) groups is 1. The zero-order chi connectivity index (χ0) is 16.8. The molecule has 2 N–H and O–H groups in total. The Morgan fingerprint density at radius 2 is 1.96 bits per heavy atom. The van der Waals surface area contributed by atoms with E-state index in [0.717, 1.165) is 18.6 Å². The number of rotatable bonds is 4. The van der Waals surface area contributed by atoms with Gasteiger partial charge in [-0.05, 0) is 31.0 Å². The van der Waals surface area contributed by atoms with Gasteiger partial charge < -0.3 is 15.4 Å². The Morgan fingerprint density at radius 1 is 1.12 bits per heavy atom. The first kappa shape index (κ1) is 16.9. The minimum Gasteiger partial charge on any atom is -0.487 e. The molecule has 128 valence electrons. The van der Waals surface area contributed by atoms with E-state index in [9.17, 15) is 9.59 Å². The Morgan fingerprint density at radius 3 is 2.71 bits per heavy atom. The number of amides is 2. The average Bonchev–Trinajstić information content (AvgIpc) is 2.63. The summed E-state index contributed by atoms with van der Waals surface area (Å²) in [5.41, 5.74) is 1.16. The van der Waals surface area contributed by atoms with Crippen molar-refractivity contribution in [2.45, 2.75) is 38.1 Å². The predicted octanol–water partition coefficient (Wildman–Crippen LogP) is 3.29. The van der Waals surface area contributed by atoms with Crippen LogP contribution in [0.3, 0.4) is 0 Å². The molecule has 1 aromatic rings. The second-order valence-electron chi connectivity index (χ2n) is 6.04. The molecule has 0 bridgehead atoms. The summed E-state index contributed by atoms with van der Waals surface area (Å²) in [6, 6.07) is 7.27. The van der Waals surface area contributed by atoms with Crippen LogP contribution in [0.2, 0.25) is 0 Å². The molecule has 1 aromatic carbocycles. The molecule has 0 radical (unpaired) electrons. The lowest BCUT2D eigenvalue weighted by atomic mass is 9.95. The first-order valence-electron chi connectivity index (χ1n) is 8.39. The maximum Gasteiger partial charge on any atom is 0.291 e. The Hall–Kier alpha value is -1.95. The molecule has 1 heterocycles. The molecule has 2 aliphatic rings. The van der Waals surface area contributed by atoms with E-state index in [1.54, 1.807) is 41.4 Å². The molecule has 0 atom stereocenters. The third-order valence-electron chi connectivity index (χ3n) is 4.20. The van der Waals surface area contributed by atoms with Crippen molar-refractivity contribution < 1.29 is 14.3 Å². The van der Waals surface area contributed by atoms with Gasteiger partial charge in [-0.2, -0.15) is 0 Å². The fourth-order valence-electron chi connectivity index (χ4n) is 2.93. The highest BCUT2D eigenvalue weighted by atomic mass is 32.2. The molecule has 0 aromatic heterocycles. The molecule has 5 nitrogen and oxygen atoms in total. The monoisotopic (exact) mass is 346 g/mol. The van der Waals surface area contributed by atoms with Crippen LogP contribution in [0.15, 0.2) is 35.4 Å². The number of hydrogen-bond acceptors (Lipinski definition) is 4. The van der Waals surface area contributed by atoms with E-state index < -0.39 is 0 Å². The van der Waals surface area contributed by atoms with Crippen molar-refractivity contribution in [2.24, 2.45) is 0 Å². The minimum absolute atomic E-state index is 0.0818. The van der Waals surface area contributed by atoms with Crippen LogP contribution >= 0.6 is 11.8 Å². The number of carbonyl (C=O) groups is 2. The maximum absolute atomic E-state index is 12.4. The van der Waals surface area contributed by atoms with Crippen LogP contribution in [0.25, 0.3) is 0 Å². The molecule has 6 heteroatoms. The van der Waals surface area contributed by atoms with Gasteiger partial charge in [0.05, 0.1) is 6.61 Å². The van der Waals surface area contributed by atoms with Crippen LogP contribution in [0.5, 0.6) is 0 Å². The van der Waals surface area contributed by atoms with Gasteiger partial charge in [-0.15, -0.1) is 11.8 Å². The van der Waals surface area contributed by atoms with Crippen LogP contribution in [0, 0.1) is 0 Å². The topological polar surface area (TPSA) is 67.4 Å². The van der Waals surface area contributed by atoms with E-state index in [2.05, 4.69) is 10.6 Å². The molecule has 0 unspecified atom stereocenters. The Kier molecular flexibility index (Phi) is 5.80. The van der Waals surface area contributed by atoms with E-state index in [-0.39, 0.29) is 17.9 Å². The number of benzene rings is 1. The van der Waals surface area contributed by atoms with E-state index in [0.29, 0.717) is 23.6 Å². The maximum atomic E-state index is 12.4. The first-order valence-corrected chi connectivity index (χ1v) is 9.44. The van der Waals surface area contributed by atoms with Crippen molar-refractivity contribution in [1.82, 2.24) is 5.32 Å². The smallest absolute Gasteiger partial charge is 0.291 e.